The highest BCUT2D eigenvalue weighted by Crippen LogP contribution is 2.32. The minimum absolute atomic E-state index is 0.306. The van der Waals surface area contributed by atoms with Crippen LogP contribution in [-0.2, 0) is 6.42 Å². The summed E-state index contributed by atoms with van der Waals surface area (Å²) in [5.41, 5.74) is 2.23. The van der Waals surface area contributed by atoms with Crippen molar-refractivity contribution in [3.63, 3.8) is 0 Å². The minimum atomic E-state index is -0.306. The molecular formula is C15H10BrCl2FN2. The van der Waals surface area contributed by atoms with E-state index in [9.17, 15) is 4.39 Å². The van der Waals surface area contributed by atoms with Crippen LogP contribution in [0.25, 0.3) is 16.7 Å². The van der Waals surface area contributed by atoms with Gasteiger partial charge in [-0.1, -0.05) is 17.7 Å². The van der Waals surface area contributed by atoms with E-state index in [1.807, 2.05) is 16.7 Å². The predicted molar refractivity (Wildman–Crippen MR) is 88.2 cm³/mol. The number of hydrogen-bond donors (Lipinski definition) is 0. The molecule has 0 saturated carbocycles. The summed E-state index contributed by atoms with van der Waals surface area (Å²) in [6, 6.07) is 10.1. The highest BCUT2D eigenvalue weighted by atomic mass is 79.9. The number of aromatic nitrogens is 2. The number of halogens is 4. The fraction of sp³-hybridized carbons (Fsp3) is 0.133. The molecule has 1 heterocycles. The van der Waals surface area contributed by atoms with E-state index in [0.29, 0.717) is 22.8 Å². The molecule has 0 unspecified atom stereocenters. The first-order chi connectivity index (χ1) is 10.1. The third-order valence-electron chi connectivity index (χ3n) is 3.18. The molecule has 1 aromatic heterocycles. The number of aryl methyl sites for hydroxylation is 1. The number of imidazole rings is 1. The van der Waals surface area contributed by atoms with Gasteiger partial charge in [0.2, 0.25) is 0 Å². The molecule has 6 heteroatoms. The average molecular weight is 388 g/mol. The van der Waals surface area contributed by atoms with E-state index in [1.54, 1.807) is 12.1 Å². The number of nitrogens with zero attached hydrogens (tertiary/aromatic N) is 2. The van der Waals surface area contributed by atoms with Gasteiger partial charge in [0.05, 0.1) is 26.2 Å². The van der Waals surface area contributed by atoms with E-state index in [2.05, 4.69) is 20.9 Å². The van der Waals surface area contributed by atoms with E-state index in [1.165, 1.54) is 12.1 Å². The van der Waals surface area contributed by atoms with Crippen molar-refractivity contribution in [3.05, 3.63) is 57.5 Å². The third-order valence-corrected chi connectivity index (χ3v) is 4.74. The van der Waals surface area contributed by atoms with Crippen LogP contribution in [0.2, 0.25) is 5.02 Å². The Hall–Kier alpha value is -1.10. The summed E-state index contributed by atoms with van der Waals surface area (Å²) in [7, 11) is 0. The number of alkyl halides is 1. The van der Waals surface area contributed by atoms with Gasteiger partial charge < -0.3 is 0 Å². The summed E-state index contributed by atoms with van der Waals surface area (Å²) in [5, 5.41) is 0.586. The van der Waals surface area contributed by atoms with E-state index in [4.69, 9.17) is 23.2 Å². The van der Waals surface area contributed by atoms with Gasteiger partial charge in [-0.2, -0.15) is 0 Å². The molecule has 0 N–H and O–H groups in total. The Kier molecular flexibility index (Phi) is 4.20. The number of hydrogen-bond acceptors (Lipinski definition) is 1. The molecular weight excluding hydrogens is 378 g/mol. The first kappa shape index (κ1) is 14.8. The number of benzene rings is 2. The highest BCUT2D eigenvalue weighted by molar-refractivity contribution is 9.10. The summed E-state index contributed by atoms with van der Waals surface area (Å²) >= 11 is 15.5. The lowest BCUT2D eigenvalue weighted by Gasteiger charge is -2.11. The molecule has 0 aliphatic carbocycles. The van der Waals surface area contributed by atoms with Gasteiger partial charge in [0.25, 0.3) is 0 Å². The highest BCUT2D eigenvalue weighted by Gasteiger charge is 2.16. The first-order valence-corrected chi connectivity index (χ1v) is 7.99. The Morgan fingerprint density at radius 1 is 1.24 bits per heavy atom. The summed E-state index contributed by atoms with van der Waals surface area (Å²) in [6.07, 6.45) is 0.580. The lowest BCUT2D eigenvalue weighted by molar-refractivity contribution is 0.629. The van der Waals surface area contributed by atoms with Crippen LogP contribution in [0.4, 0.5) is 4.39 Å². The fourth-order valence-electron chi connectivity index (χ4n) is 2.28. The maximum atomic E-state index is 13.6. The molecule has 108 valence electrons. The van der Waals surface area contributed by atoms with E-state index < -0.39 is 0 Å². The van der Waals surface area contributed by atoms with Crippen LogP contribution in [0, 0.1) is 5.82 Å². The molecule has 0 aliphatic rings. The Balaban J connectivity index is 2.35. The molecule has 0 atom stereocenters. The number of fused-ring (bicyclic) bond motifs is 1. The lowest BCUT2D eigenvalue weighted by atomic mass is 10.2. The molecule has 0 radical (unpaired) electrons. The molecule has 0 spiro atoms. The van der Waals surface area contributed by atoms with Crippen LogP contribution >= 0.6 is 39.1 Å². The quantitative estimate of drug-likeness (QED) is 0.553. The van der Waals surface area contributed by atoms with Crippen LogP contribution in [-0.4, -0.2) is 15.4 Å². The Bertz CT molecular complexity index is 817. The van der Waals surface area contributed by atoms with Crippen molar-refractivity contribution < 1.29 is 4.39 Å². The smallest absolute Gasteiger partial charge is 0.125 e. The topological polar surface area (TPSA) is 17.8 Å². The minimum Gasteiger partial charge on any atom is -0.295 e. The number of rotatable bonds is 3. The summed E-state index contributed by atoms with van der Waals surface area (Å²) in [6.45, 7) is 0. The molecule has 0 fully saturated rings. The summed E-state index contributed by atoms with van der Waals surface area (Å²) in [4.78, 5) is 4.54. The van der Waals surface area contributed by atoms with Gasteiger partial charge >= 0.3 is 0 Å². The van der Waals surface area contributed by atoms with E-state index in [0.717, 1.165) is 21.5 Å². The van der Waals surface area contributed by atoms with Crippen molar-refractivity contribution in [3.8, 4) is 5.69 Å². The molecule has 3 aromatic rings. The van der Waals surface area contributed by atoms with Gasteiger partial charge in [0, 0.05) is 18.4 Å². The zero-order valence-electron chi connectivity index (χ0n) is 10.8. The largest absolute Gasteiger partial charge is 0.295 e. The van der Waals surface area contributed by atoms with Crippen molar-refractivity contribution in [1.29, 1.82) is 0 Å². The molecule has 0 saturated heterocycles. The van der Waals surface area contributed by atoms with Crippen molar-refractivity contribution in [2.75, 3.05) is 5.88 Å². The second-order valence-corrected chi connectivity index (χ2v) is 6.09. The Morgan fingerprint density at radius 2 is 2.05 bits per heavy atom. The van der Waals surface area contributed by atoms with Crippen molar-refractivity contribution in [2.45, 2.75) is 6.42 Å². The SMILES string of the molecule is Fc1ccc2nc(CCCl)n(-c3cccc(Cl)c3Br)c2c1. The molecule has 0 amide bonds. The van der Waals surface area contributed by atoms with E-state index in [-0.39, 0.29) is 5.82 Å². The zero-order valence-corrected chi connectivity index (χ0v) is 13.9. The maximum Gasteiger partial charge on any atom is 0.125 e. The molecule has 0 aliphatic heterocycles. The van der Waals surface area contributed by atoms with Crippen molar-refractivity contribution in [1.82, 2.24) is 9.55 Å². The Morgan fingerprint density at radius 3 is 2.81 bits per heavy atom. The zero-order chi connectivity index (χ0) is 15.0. The second-order valence-electron chi connectivity index (χ2n) is 4.51. The molecule has 3 rings (SSSR count). The molecule has 0 bridgehead atoms. The standard InChI is InChI=1S/C15H10BrCl2FN2/c16-15-10(18)2-1-3-12(15)21-13-8-9(19)4-5-11(13)20-14(21)6-7-17/h1-5,8H,6-7H2. The first-order valence-electron chi connectivity index (χ1n) is 6.29. The van der Waals surface area contributed by atoms with Crippen LogP contribution in [0.15, 0.2) is 40.9 Å². The van der Waals surface area contributed by atoms with Crippen molar-refractivity contribution >= 4 is 50.2 Å². The molecule has 2 aromatic carbocycles. The average Bonchev–Trinajstić information content (AvgIpc) is 2.80. The van der Waals surface area contributed by atoms with Crippen LogP contribution in [0.1, 0.15) is 5.82 Å². The van der Waals surface area contributed by atoms with Gasteiger partial charge in [-0.25, -0.2) is 9.37 Å². The van der Waals surface area contributed by atoms with Gasteiger partial charge in [0.15, 0.2) is 0 Å². The second kappa shape index (κ2) is 5.95. The van der Waals surface area contributed by atoms with Gasteiger partial charge in [-0.15, -0.1) is 11.6 Å². The van der Waals surface area contributed by atoms with E-state index >= 15 is 0 Å². The normalized spacial score (nSPS) is 11.2. The van der Waals surface area contributed by atoms with Crippen molar-refractivity contribution in [2.24, 2.45) is 0 Å². The van der Waals surface area contributed by atoms with Gasteiger partial charge in [-0.3, -0.25) is 4.57 Å². The third kappa shape index (κ3) is 2.68. The predicted octanol–water partition coefficient (Wildman–Crippen LogP) is 5.36. The molecule has 2 nitrogen and oxygen atoms in total. The summed E-state index contributed by atoms with van der Waals surface area (Å²) in [5.74, 6) is 0.900. The van der Waals surface area contributed by atoms with Gasteiger partial charge in [-0.05, 0) is 40.2 Å². The molecule has 21 heavy (non-hydrogen) atoms. The van der Waals surface area contributed by atoms with Gasteiger partial charge in [0.1, 0.15) is 11.6 Å². The Labute approximate surface area is 139 Å². The van der Waals surface area contributed by atoms with Crippen LogP contribution < -0.4 is 0 Å². The monoisotopic (exact) mass is 386 g/mol. The fourth-order valence-corrected chi connectivity index (χ4v) is 3.06. The van der Waals surface area contributed by atoms with Crippen LogP contribution in [0.3, 0.4) is 0 Å². The summed E-state index contributed by atoms with van der Waals surface area (Å²) < 4.78 is 16.2. The maximum absolute atomic E-state index is 13.6. The lowest BCUT2D eigenvalue weighted by Crippen LogP contribution is -2.03. The van der Waals surface area contributed by atoms with Crippen LogP contribution in [0.5, 0.6) is 0 Å².